The molecule has 1 aromatic rings. The molecule has 1 aromatic carbocycles. The van der Waals surface area contributed by atoms with Gasteiger partial charge in [0.25, 0.3) is 0 Å². The molecule has 21 heavy (non-hydrogen) atoms. The molecule has 108 valence electrons. The summed E-state index contributed by atoms with van der Waals surface area (Å²) in [5, 5.41) is 5.84. The van der Waals surface area contributed by atoms with Crippen molar-refractivity contribution in [3.05, 3.63) is 59.8 Å². The Hall–Kier alpha value is -2.56. The molecule has 0 fully saturated rings. The van der Waals surface area contributed by atoms with E-state index in [1.54, 1.807) is 6.07 Å². The Balaban J connectivity index is 1.95. The van der Waals surface area contributed by atoms with E-state index < -0.39 is 0 Å². The largest absolute Gasteiger partial charge is 0.366 e. The topological polar surface area (TPSA) is 44.4 Å². The molecule has 1 unspecified atom stereocenters. The van der Waals surface area contributed by atoms with Crippen molar-refractivity contribution in [1.82, 2.24) is 10.2 Å². The number of anilines is 1. The van der Waals surface area contributed by atoms with Gasteiger partial charge in [-0.3, -0.25) is 4.79 Å². The molecule has 0 aliphatic carbocycles. The molecule has 0 saturated carbocycles. The third-order valence-corrected chi connectivity index (χ3v) is 3.46. The van der Waals surface area contributed by atoms with Crippen LogP contribution in [0.3, 0.4) is 0 Å². The lowest BCUT2D eigenvalue weighted by Gasteiger charge is -2.26. The van der Waals surface area contributed by atoms with Crippen molar-refractivity contribution in [2.45, 2.75) is 20.0 Å². The highest BCUT2D eigenvalue weighted by molar-refractivity contribution is 5.89. The number of hydrogen-bond donors (Lipinski definition) is 2. The van der Waals surface area contributed by atoms with Crippen LogP contribution in [0, 0.1) is 5.82 Å². The zero-order valence-corrected chi connectivity index (χ0v) is 11.9. The number of carbonyl (C=O) groups excluding carboxylic acids is 1. The minimum atomic E-state index is -0.375. The quantitative estimate of drug-likeness (QED) is 0.878. The molecule has 2 N–H and O–H groups in total. The maximum Gasteiger partial charge on any atom is 0.221 e. The molecule has 0 bridgehead atoms. The van der Waals surface area contributed by atoms with E-state index in [9.17, 15) is 9.18 Å². The fourth-order valence-electron chi connectivity index (χ4n) is 2.50. The van der Waals surface area contributed by atoms with Crippen LogP contribution in [0.4, 0.5) is 10.1 Å². The van der Waals surface area contributed by atoms with Crippen molar-refractivity contribution >= 4 is 17.2 Å². The van der Waals surface area contributed by atoms with E-state index in [1.165, 1.54) is 19.1 Å². The van der Waals surface area contributed by atoms with Crippen LogP contribution in [0.25, 0.3) is 5.57 Å². The van der Waals surface area contributed by atoms with Gasteiger partial charge in [-0.25, -0.2) is 4.39 Å². The number of amides is 1. The van der Waals surface area contributed by atoms with E-state index in [0.29, 0.717) is 5.69 Å². The first kappa shape index (κ1) is 13.4. The molecule has 2 aliphatic rings. The smallest absolute Gasteiger partial charge is 0.221 e. The molecule has 5 heteroatoms. The highest BCUT2D eigenvalue weighted by atomic mass is 19.1. The first-order chi connectivity index (χ1) is 10.0. The normalized spacial score (nSPS) is 19.6. The van der Waals surface area contributed by atoms with E-state index >= 15 is 0 Å². The monoisotopic (exact) mass is 285 g/mol. The number of allylic oxidation sites excluding steroid dienone is 3. The summed E-state index contributed by atoms with van der Waals surface area (Å²) in [6.45, 7) is 3.41. The van der Waals surface area contributed by atoms with Gasteiger partial charge in [0.15, 0.2) is 0 Å². The lowest BCUT2D eigenvalue weighted by atomic mass is 10.0. The second-order valence-corrected chi connectivity index (χ2v) is 5.16. The zero-order chi connectivity index (χ0) is 15.0. The molecular weight excluding hydrogens is 269 g/mol. The lowest BCUT2D eigenvalue weighted by Crippen LogP contribution is -2.32. The van der Waals surface area contributed by atoms with Gasteiger partial charge in [-0.2, -0.15) is 0 Å². The SMILES string of the molecule is CC(=O)Nc1cc(F)cc(C2=CN3C(C)=CNC3C=C2)c1. The van der Waals surface area contributed by atoms with Crippen LogP contribution < -0.4 is 10.6 Å². The first-order valence-corrected chi connectivity index (χ1v) is 6.73. The van der Waals surface area contributed by atoms with E-state index in [1.807, 2.05) is 31.5 Å². The number of halogens is 1. The fraction of sp³-hybridized carbons (Fsp3) is 0.188. The number of hydrogen-bond acceptors (Lipinski definition) is 3. The Morgan fingerprint density at radius 3 is 2.95 bits per heavy atom. The number of benzene rings is 1. The number of carbonyl (C=O) groups is 1. The summed E-state index contributed by atoms with van der Waals surface area (Å²) in [6.07, 6.45) is 8.02. The Kier molecular flexibility index (Phi) is 3.25. The highest BCUT2D eigenvalue weighted by Crippen LogP contribution is 2.28. The van der Waals surface area contributed by atoms with Crippen LogP contribution in [-0.2, 0) is 4.79 Å². The molecule has 3 rings (SSSR count). The number of nitrogens with one attached hydrogen (secondary N) is 2. The van der Waals surface area contributed by atoms with Gasteiger partial charge in [0.05, 0.1) is 0 Å². The summed E-state index contributed by atoms with van der Waals surface area (Å²) in [5.41, 5.74) is 3.18. The maximum absolute atomic E-state index is 13.7. The van der Waals surface area contributed by atoms with E-state index in [-0.39, 0.29) is 17.9 Å². The average Bonchev–Trinajstić information content (AvgIpc) is 2.78. The Morgan fingerprint density at radius 1 is 1.38 bits per heavy atom. The summed E-state index contributed by atoms with van der Waals surface area (Å²) in [7, 11) is 0. The minimum absolute atomic E-state index is 0.122. The third kappa shape index (κ3) is 2.67. The number of fused-ring (bicyclic) bond motifs is 1. The molecule has 0 saturated heterocycles. The first-order valence-electron chi connectivity index (χ1n) is 6.73. The maximum atomic E-state index is 13.7. The van der Waals surface area contributed by atoms with Crippen LogP contribution in [0.1, 0.15) is 19.4 Å². The summed E-state index contributed by atoms with van der Waals surface area (Å²) in [5.74, 6) is -0.596. The van der Waals surface area contributed by atoms with E-state index in [4.69, 9.17) is 0 Å². The summed E-state index contributed by atoms with van der Waals surface area (Å²) >= 11 is 0. The Bertz CT molecular complexity index is 691. The molecule has 1 amide bonds. The Labute approximate surface area is 122 Å². The molecule has 0 aromatic heterocycles. The average molecular weight is 285 g/mol. The van der Waals surface area contributed by atoms with Crippen LogP contribution in [0.15, 0.2) is 48.4 Å². The zero-order valence-electron chi connectivity index (χ0n) is 11.9. The van der Waals surface area contributed by atoms with Crippen molar-refractivity contribution in [3.8, 4) is 0 Å². The lowest BCUT2D eigenvalue weighted by molar-refractivity contribution is -0.114. The predicted molar refractivity (Wildman–Crippen MR) is 80.3 cm³/mol. The van der Waals surface area contributed by atoms with Crippen molar-refractivity contribution in [3.63, 3.8) is 0 Å². The minimum Gasteiger partial charge on any atom is -0.366 e. The van der Waals surface area contributed by atoms with Gasteiger partial charge in [-0.1, -0.05) is 6.08 Å². The van der Waals surface area contributed by atoms with Crippen LogP contribution in [-0.4, -0.2) is 17.0 Å². The second kappa shape index (κ2) is 5.09. The second-order valence-electron chi connectivity index (χ2n) is 5.16. The molecular formula is C16H16FN3O. The predicted octanol–water partition coefficient (Wildman–Crippen LogP) is 2.79. The van der Waals surface area contributed by atoms with Gasteiger partial charge < -0.3 is 15.5 Å². The van der Waals surface area contributed by atoms with Gasteiger partial charge in [0.1, 0.15) is 12.0 Å². The molecule has 4 nitrogen and oxygen atoms in total. The summed E-state index contributed by atoms with van der Waals surface area (Å²) in [6, 6.07) is 4.54. The van der Waals surface area contributed by atoms with Crippen LogP contribution in [0.5, 0.6) is 0 Å². The molecule has 0 spiro atoms. The van der Waals surface area contributed by atoms with Crippen molar-refractivity contribution in [1.29, 1.82) is 0 Å². The number of nitrogens with zero attached hydrogens (tertiary/aromatic N) is 1. The van der Waals surface area contributed by atoms with Gasteiger partial charge in [0.2, 0.25) is 5.91 Å². The number of rotatable bonds is 2. The third-order valence-electron chi connectivity index (χ3n) is 3.46. The standard InChI is InChI=1S/C16H16FN3O/c1-10-8-18-16-4-3-12(9-20(10)16)13-5-14(17)7-15(6-13)19-11(2)21/h3-9,16,18H,1-2H3,(H,19,21). The molecule has 1 atom stereocenters. The van der Waals surface area contributed by atoms with Crippen molar-refractivity contribution in [2.24, 2.45) is 0 Å². The van der Waals surface area contributed by atoms with Crippen molar-refractivity contribution in [2.75, 3.05) is 5.32 Å². The van der Waals surface area contributed by atoms with Gasteiger partial charge in [-0.15, -0.1) is 0 Å². The van der Waals surface area contributed by atoms with Crippen molar-refractivity contribution < 1.29 is 9.18 Å². The molecule has 2 heterocycles. The van der Waals surface area contributed by atoms with E-state index in [2.05, 4.69) is 15.5 Å². The van der Waals surface area contributed by atoms with Gasteiger partial charge >= 0.3 is 0 Å². The molecule has 2 aliphatic heterocycles. The molecule has 0 radical (unpaired) electrons. The summed E-state index contributed by atoms with van der Waals surface area (Å²) in [4.78, 5) is 13.2. The highest BCUT2D eigenvalue weighted by Gasteiger charge is 2.22. The fourth-order valence-corrected chi connectivity index (χ4v) is 2.50. The van der Waals surface area contributed by atoms with Gasteiger partial charge in [-0.05, 0) is 42.3 Å². The van der Waals surface area contributed by atoms with Crippen LogP contribution in [0.2, 0.25) is 0 Å². The van der Waals surface area contributed by atoms with E-state index in [0.717, 1.165) is 16.8 Å². The van der Waals surface area contributed by atoms with Gasteiger partial charge in [0, 0.05) is 30.7 Å². The summed E-state index contributed by atoms with van der Waals surface area (Å²) < 4.78 is 13.7. The van der Waals surface area contributed by atoms with Crippen LogP contribution >= 0.6 is 0 Å². The Morgan fingerprint density at radius 2 is 2.19 bits per heavy atom.